The summed E-state index contributed by atoms with van der Waals surface area (Å²) < 4.78 is 1.45. The van der Waals surface area contributed by atoms with E-state index in [1.165, 1.54) is 11.0 Å². The lowest BCUT2D eigenvalue weighted by Crippen LogP contribution is -2.23. The van der Waals surface area contributed by atoms with Crippen LogP contribution < -0.4 is 5.32 Å². The maximum absolute atomic E-state index is 12.3. The molecule has 1 heterocycles. The van der Waals surface area contributed by atoms with Gasteiger partial charge < -0.3 is 5.32 Å². The minimum Gasteiger partial charge on any atom is -0.348 e. The summed E-state index contributed by atoms with van der Waals surface area (Å²) >= 11 is 11.9. The SMILES string of the molecule is O=C(NCc1ccc(Cl)cc1)c1cc(-n2cnnn2)ccc1Cl. The van der Waals surface area contributed by atoms with Crippen LogP contribution in [0.3, 0.4) is 0 Å². The molecule has 0 spiro atoms. The lowest BCUT2D eigenvalue weighted by atomic mass is 10.1. The number of carbonyl (C=O) groups is 1. The van der Waals surface area contributed by atoms with Crippen LogP contribution in [0.4, 0.5) is 0 Å². The van der Waals surface area contributed by atoms with Gasteiger partial charge in [0.15, 0.2) is 0 Å². The first-order valence-electron chi connectivity index (χ1n) is 6.69. The quantitative estimate of drug-likeness (QED) is 0.787. The highest BCUT2D eigenvalue weighted by molar-refractivity contribution is 6.34. The van der Waals surface area contributed by atoms with Crippen molar-refractivity contribution in [1.29, 1.82) is 0 Å². The van der Waals surface area contributed by atoms with Crippen LogP contribution >= 0.6 is 23.2 Å². The first-order valence-corrected chi connectivity index (χ1v) is 7.44. The molecule has 116 valence electrons. The number of benzene rings is 2. The summed E-state index contributed by atoms with van der Waals surface area (Å²) in [4.78, 5) is 12.3. The standard InChI is InChI=1S/C15H11Cl2N5O/c16-11-3-1-10(2-4-11)8-18-15(23)13-7-12(5-6-14(13)17)22-9-19-20-21-22/h1-7,9H,8H2,(H,18,23). The van der Waals surface area contributed by atoms with E-state index in [0.717, 1.165) is 5.56 Å². The van der Waals surface area contributed by atoms with E-state index in [2.05, 4.69) is 20.8 Å². The van der Waals surface area contributed by atoms with Crippen LogP contribution in [0.15, 0.2) is 48.8 Å². The molecule has 1 amide bonds. The molecule has 6 nitrogen and oxygen atoms in total. The van der Waals surface area contributed by atoms with E-state index in [1.54, 1.807) is 30.3 Å². The van der Waals surface area contributed by atoms with Crippen LogP contribution in [0.1, 0.15) is 15.9 Å². The molecule has 1 N–H and O–H groups in total. The second kappa shape index (κ2) is 6.76. The molecule has 3 rings (SSSR count). The van der Waals surface area contributed by atoms with E-state index in [0.29, 0.717) is 27.8 Å². The van der Waals surface area contributed by atoms with Gasteiger partial charge >= 0.3 is 0 Å². The van der Waals surface area contributed by atoms with E-state index < -0.39 is 0 Å². The minimum atomic E-state index is -0.278. The summed E-state index contributed by atoms with van der Waals surface area (Å²) in [6, 6.07) is 12.2. The van der Waals surface area contributed by atoms with Crippen molar-refractivity contribution >= 4 is 29.1 Å². The molecule has 0 unspecified atom stereocenters. The van der Waals surface area contributed by atoms with Crippen molar-refractivity contribution in [2.24, 2.45) is 0 Å². The smallest absolute Gasteiger partial charge is 0.253 e. The fourth-order valence-electron chi connectivity index (χ4n) is 1.99. The van der Waals surface area contributed by atoms with Gasteiger partial charge in [0.2, 0.25) is 0 Å². The summed E-state index contributed by atoms with van der Waals surface area (Å²) in [5, 5.41) is 14.7. The molecule has 0 radical (unpaired) electrons. The first kappa shape index (κ1) is 15.5. The molecule has 0 aliphatic heterocycles. The van der Waals surface area contributed by atoms with Crippen molar-refractivity contribution < 1.29 is 4.79 Å². The van der Waals surface area contributed by atoms with Crippen LogP contribution in [-0.2, 0) is 6.54 Å². The van der Waals surface area contributed by atoms with Gasteiger partial charge in [0, 0.05) is 11.6 Å². The second-order valence-electron chi connectivity index (χ2n) is 4.73. The Morgan fingerprint density at radius 2 is 1.91 bits per heavy atom. The Balaban J connectivity index is 1.76. The Bertz CT molecular complexity index is 818. The molecule has 1 aromatic heterocycles. The monoisotopic (exact) mass is 347 g/mol. The van der Waals surface area contributed by atoms with Gasteiger partial charge in [0.05, 0.1) is 16.3 Å². The van der Waals surface area contributed by atoms with Crippen LogP contribution in [0.2, 0.25) is 10.0 Å². The van der Waals surface area contributed by atoms with Crippen molar-refractivity contribution in [2.45, 2.75) is 6.54 Å². The van der Waals surface area contributed by atoms with E-state index in [1.807, 2.05) is 12.1 Å². The lowest BCUT2D eigenvalue weighted by molar-refractivity contribution is 0.0951. The van der Waals surface area contributed by atoms with Crippen LogP contribution in [0, 0.1) is 0 Å². The predicted molar refractivity (Wildman–Crippen MR) is 86.8 cm³/mol. The summed E-state index contributed by atoms with van der Waals surface area (Å²) in [6.07, 6.45) is 1.44. The Morgan fingerprint density at radius 3 is 2.61 bits per heavy atom. The zero-order valence-corrected chi connectivity index (χ0v) is 13.3. The molecule has 8 heteroatoms. The minimum absolute atomic E-state index is 0.278. The third kappa shape index (κ3) is 3.67. The number of tetrazole rings is 1. The fourth-order valence-corrected chi connectivity index (χ4v) is 2.32. The number of hydrogen-bond acceptors (Lipinski definition) is 4. The molecule has 23 heavy (non-hydrogen) atoms. The van der Waals surface area contributed by atoms with Crippen LogP contribution in [-0.4, -0.2) is 26.1 Å². The third-order valence-corrected chi connectivity index (χ3v) is 3.76. The van der Waals surface area contributed by atoms with Crippen molar-refractivity contribution in [3.63, 3.8) is 0 Å². The lowest BCUT2D eigenvalue weighted by Gasteiger charge is -2.09. The number of amides is 1. The van der Waals surface area contributed by atoms with E-state index in [4.69, 9.17) is 23.2 Å². The third-order valence-electron chi connectivity index (χ3n) is 3.17. The molecule has 0 aliphatic rings. The number of rotatable bonds is 4. The van der Waals surface area contributed by atoms with E-state index in [-0.39, 0.29) is 5.91 Å². The zero-order chi connectivity index (χ0) is 16.2. The average molecular weight is 348 g/mol. The number of aromatic nitrogens is 4. The van der Waals surface area contributed by atoms with Crippen molar-refractivity contribution in [1.82, 2.24) is 25.5 Å². The number of nitrogens with zero attached hydrogens (tertiary/aromatic N) is 4. The Labute approximate surface area is 142 Å². The highest BCUT2D eigenvalue weighted by atomic mass is 35.5. The van der Waals surface area contributed by atoms with E-state index in [9.17, 15) is 4.79 Å². The van der Waals surface area contributed by atoms with Gasteiger partial charge in [-0.15, -0.1) is 5.10 Å². The Kier molecular flexibility index (Phi) is 4.55. The van der Waals surface area contributed by atoms with Crippen molar-refractivity contribution in [3.8, 4) is 5.69 Å². The van der Waals surface area contributed by atoms with Gasteiger partial charge in [-0.05, 0) is 46.3 Å². The maximum atomic E-state index is 12.3. The molecule has 3 aromatic rings. The summed E-state index contributed by atoms with van der Waals surface area (Å²) in [5.74, 6) is -0.278. The Morgan fingerprint density at radius 1 is 1.13 bits per heavy atom. The average Bonchev–Trinajstić information content (AvgIpc) is 3.09. The fraction of sp³-hybridized carbons (Fsp3) is 0.0667. The topological polar surface area (TPSA) is 72.7 Å². The van der Waals surface area contributed by atoms with E-state index >= 15 is 0 Å². The molecule has 0 saturated heterocycles. The van der Waals surface area contributed by atoms with Gasteiger partial charge in [0.25, 0.3) is 5.91 Å². The Hall–Kier alpha value is -2.44. The molecule has 0 bridgehead atoms. The summed E-state index contributed by atoms with van der Waals surface area (Å²) in [5.41, 5.74) is 1.94. The summed E-state index contributed by atoms with van der Waals surface area (Å²) in [6.45, 7) is 0.376. The van der Waals surface area contributed by atoms with Gasteiger partial charge in [-0.3, -0.25) is 4.79 Å². The van der Waals surface area contributed by atoms with Crippen molar-refractivity contribution in [3.05, 3.63) is 70.0 Å². The van der Waals surface area contributed by atoms with Gasteiger partial charge in [-0.2, -0.15) is 0 Å². The number of nitrogens with one attached hydrogen (secondary N) is 1. The maximum Gasteiger partial charge on any atom is 0.253 e. The molecular weight excluding hydrogens is 337 g/mol. The molecule has 0 aliphatic carbocycles. The highest BCUT2D eigenvalue weighted by Crippen LogP contribution is 2.19. The number of carbonyl (C=O) groups excluding carboxylic acids is 1. The van der Waals surface area contributed by atoms with Crippen LogP contribution in [0.25, 0.3) is 5.69 Å². The highest BCUT2D eigenvalue weighted by Gasteiger charge is 2.12. The second-order valence-corrected chi connectivity index (χ2v) is 5.57. The summed E-state index contributed by atoms with van der Waals surface area (Å²) in [7, 11) is 0. The first-order chi connectivity index (χ1) is 11.1. The predicted octanol–water partition coefficient (Wildman–Crippen LogP) is 2.90. The molecule has 0 saturated carbocycles. The van der Waals surface area contributed by atoms with Crippen LogP contribution in [0.5, 0.6) is 0 Å². The number of hydrogen-bond donors (Lipinski definition) is 1. The molecule has 2 aromatic carbocycles. The van der Waals surface area contributed by atoms with Crippen molar-refractivity contribution in [2.75, 3.05) is 0 Å². The molecular formula is C15H11Cl2N5O. The zero-order valence-electron chi connectivity index (χ0n) is 11.8. The number of halogens is 2. The molecule has 0 fully saturated rings. The van der Waals surface area contributed by atoms with Gasteiger partial charge in [0.1, 0.15) is 6.33 Å². The molecule has 0 atom stereocenters. The normalized spacial score (nSPS) is 10.5. The van der Waals surface area contributed by atoms with Gasteiger partial charge in [-0.25, -0.2) is 4.68 Å². The largest absolute Gasteiger partial charge is 0.348 e. The van der Waals surface area contributed by atoms with Gasteiger partial charge in [-0.1, -0.05) is 35.3 Å².